The topological polar surface area (TPSA) is 34.1 Å². The van der Waals surface area contributed by atoms with E-state index in [2.05, 4.69) is 98.0 Å². The molecule has 0 aliphatic heterocycles. The van der Waals surface area contributed by atoms with Crippen molar-refractivity contribution in [3.8, 4) is 0 Å². The number of hydrogen-bond donors (Lipinski definition) is 0. The summed E-state index contributed by atoms with van der Waals surface area (Å²) in [4.78, 5) is 25.0. The molecule has 0 saturated carbocycles. The van der Waals surface area contributed by atoms with Gasteiger partial charge in [0.05, 0.1) is 0 Å². The van der Waals surface area contributed by atoms with Crippen molar-refractivity contribution in [2.75, 3.05) is 0 Å². The Labute approximate surface area is 238 Å². The molecule has 8 aromatic rings. The molecule has 0 aliphatic rings. The monoisotopic (exact) mass is 544 g/mol. The minimum atomic E-state index is -2.24. The van der Waals surface area contributed by atoms with E-state index < -0.39 is 8.07 Å². The Balaban J connectivity index is 1.45. The number of rotatable bonds is 4. The highest BCUT2D eigenvalue weighted by molar-refractivity contribution is 7.03. The maximum atomic E-state index is 12.5. The van der Waals surface area contributed by atoms with E-state index in [9.17, 15) is 9.59 Å². The summed E-state index contributed by atoms with van der Waals surface area (Å²) in [5.74, 6) is 0.193. The molecule has 0 fully saturated rings. The van der Waals surface area contributed by atoms with E-state index in [0.717, 1.165) is 21.9 Å². The Hall–Kier alpha value is -4.60. The van der Waals surface area contributed by atoms with E-state index in [1.165, 1.54) is 64.2 Å². The summed E-state index contributed by atoms with van der Waals surface area (Å²) < 4.78 is 0. The fourth-order valence-electron chi connectivity index (χ4n) is 7.45. The molecule has 0 amide bonds. The predicted octanol–water partition coefficient (Wildman–Crippen LogP) is 8.71. The molecule has 0 aromatic heterocycles. The third kappa shape index (κ3) is 3.18. The Morgan fingerprint density at radius 1 is 0.415 bits per heavy atom. The lowest BCUT2D eigenvalue weighted by Gasteiger charge is -2.29. The molecule has 41 heavy (non-hydrogen) atoms. The van der Waals surface area contributed by atoms with Crippen molar-refractivity contribution < 1.29 is 9.59 Å². The van der Waals surface area contributed by atoms with Gasteiger partial charge in [-0.05, 0) is 88.9 Å². The lowest BCUT2D eigenvalue weighted by Crippen LogP contribution is -2.53. The third-order valence-corrected chi connectivity index (χ3v) is 13.0. The van der Waals surface area contributed by atoms with E-state index in [1.807, 2.05) is 12.1 Å². The van der Waals surface area contributed by atoms with E-state index in [4.69, 9.17) is 0 Å². The smallest absolute Gasteiger partial charge is 0.160 e. The van der Waals surface area contributed by atoms with Crippen LogP contribution in [0.5, 0.6) is 0 Å². The molecular weight excluding hydrogens is 517 g/mol. The van der Waals surface area contributed by atoms with Crippen molar-refractivity contribution in [1.29, 1.82) is 0 Å². The second kappa shape index (κ2) is 8.22. The normalized spacial score (nSPS) is 12.6. The zero-order valence-electron chi connectivity index (χ0n) is 23.6. The number of ketones is 2. The average Bonchev–Trinajstić information content (AvgIpc) is 2.97. The Morgan fingerprint density at radius 3 is 1.07 bits per heavy atom. The summed E-state index contributed by atoms with van der Waals surface area (Å²) in [5.41, 5.74) is 1.57. The maximum absolute atomic E-state index is 12.5. The first-order valence-corrected chi connectivity index (χ1v) is 17.2. The molecular formula is C38H28O2Si. The second-order valence-electron chi connectivity index (χ2n) is 12.0. The van der Waals surface area contributed by atoms with Crippen LogP contribution in [0.15, 0.2) is 97.1 Å². The zero-order valence-corrected chi connectivity index (χ0v) is 24.6. The first-order chi connectivity index (χ1) is 19.8. The molecule has 0 spiro atoms. The first-order valence-electron chi connectivity index (χ1n) is 14.2. The first kappa shape index (κ1) is 24.2. The molecule has 8 aromatic carbocycles. The molecule has 0 N–H and O–H groups in total. The number of Topliss-reactive ketones (excluding diaryl/α,β-unsaturated/α-hetero) is 2. The maximum Gasteiger partial charge on any atom is 0.160 e. The molecule has 196 valence electrons. The summed E-state index contributed by atoms with van der Waals surface area (Å²) >= 11 is 0. The van der Waals surface area contributed by atoms with Gasteiger partial charge in [0.25, 0.3) is 0 Å². The lowest BCUT2D eigenvalue weighted by atomic mass is 9.91. The van der Waals surface area contributed by atoms with Crippen LogP contribution < -0.4 is 10.4 Å². The molecule has 8 rings (SSSR count). The Bertz CT molecular complexity index is 2230. The number of carbonyl (C=O) groups excluding carboxylic acids is 2. The van der Waals surface area contributed by atoms with Gasteiger partial charge in [0.15, 0.2) is 11.6 Å². The fourth-order valence-corrected chi connectivity index (χ4v) is 10.5. The van der Waals surface area contributed by atoms with Crippen LogP contribution in [-0.4, -0.2) is 19.6 Å². The van der Waals surface area contributed by atoms with E-state index >= 15 is 0 Å². The molecule has 0 saturated heterocycles. The highest BCUT2D eigenvalue weighted by atomic mass is 28.3. The van der Waals surface area contributed by atoms with Crippen LogP contribution in [0.3, 0.4) is 0 Å². The van der Waals surface area contributed by atoms with Crippen molar-refractivity contribution >= 4 is 94.6 Å². The van der Waals surface area contributed by atoms with Gasteiger partial charge in [0.1, 0.15) is 8.07 Å². The summed E-state index contributed by atoms with van der Waals surface area (Å²) in [6.45, 7) is 8.21. The summed E-state index contributed by atoms with van der Waals surface area (Å²) in [6, 6.07) is 34.9. The van der Waals surface area contributed by atoms with Crippen molar-refractivity contribution in [1.82, 2.24) is 0 Å². The molecule has 0 unspecified atom stereocenters. The van der Waals surface area contributed by atoms with Gasteiger partial charge in [0.2, 0.25) is 0 Å². The number of benzene rings is 8. The zero-order chi connectivity index (χ0) is 28.2. The molecule has 2 nitrogen and oxygen atoms in total. The van der Waals surface area contributed by atoms with Crippen LogP contribution in [0.4, 0.5) is 0 Å². The number of carbonyl (C=O) groups is 2. The van der Waals surface area contributed by atoms with Gasteiger partial charge < -0.3 is 0 Å². The quantitative estimate of drug-likeness (QED) is 0.126. The van der Waals surface area contributed by atoms with Crippen molar-refractivity contribution in [3.05, 3.63) is 108 Å². The SMILES string of the molecule is CC(=O)c1ccc2ccc3c([Si](C)(C)c4ccc5ccc6c(C(C)=O)ccc7ccc4c5c76)ccc4ccc1c2c43. The van der Waals surface area contributed by atoms with Gasteiger partial charge in [0, 0.05) is 11.1 Å². The second-order valence-corrected chi connectivity index (χ2v) is 16.4. The molecule has 0 heterocycles. The van der Waals surface area contributed by atoms with Crippen molar-refractivity contribution in [2.45, 2.75) is 26.9 Å². The van der Waals surface area contributed by atoms with Crippen molar-refractivity contribution in [3.63, 3.8) is 0 Å². The summed E-state index contributed by atoms with van der Waals surface area (Å²) in [7, 11) is -2.24. The van der Waals surface area contributed by atoms with Crippen LogP contribution >= 0.6 is 0 Å². The van der Waals surface area contributed by atoms with Crippen LogP contribution in [0.1, 0.15) is 34.6 Å². The van der Waals surface area contributed by atoms with Gasteiger partial charge in [-0.2, -0.15) is 0 Å². The average molecular weight is 545 g/mol. The van der Waals surface area contributed by atoms with Gasteiger partial charge in [-0.1, -0.05) is 110 Å². The van der Waals surface area contributed by atoms with E-state index in [0.29, 0.717) is 0 Å². The minimum Gasteiger partial charge on any atom is -0.294 e. The standard InChI is InChI=1S/C38H28O2Si/c1-21(39)27-13-5-23-9-17-31-33(19-11-25-7-15-29(27)35(23)37(25)31)41(3,4)34-20-12-26-8-16-30-28(22(2)40)14-6-24-10-18-32(34)38(26)36(24)30/h5-20H,1-4H3. The predicted molar refractivity (Wildman–Crippen MR) is 177 cm³/mol. The van der Waals surface area contributed by atoms with Crippen molar-refractivity contribution in [2.24, 2.45) is 0 Å². The van der Waals surface area contributed by atoms with Crippen LogP contribution in [0.25, 0.3) is 64.6 Å². The van der Waals surface area contributed by atoms with Gasteiger partial charge in [-0.3, -0.25) is 9.59 Å². The van der Waals surface area contributed by atoms with E-state index in [1.54, 1.807) is 13.8 Å². The van der Waals surface area contributed by atoms with Crippen LogP contribution in [-0.2, 0) is 0 Å². The largest absolute Gasteiger partial charge is 0.294 e. The third-order valence-electron chi connectivity index (χ3n) is 9.43. The summed E-state index contributed by atoms with van der Waals surface area (Å²) in [6.07, 6.45) is 0. The Kier molecular flexibility index (Phi) is 4.85. The number of hydrogen-bond acceptors (Lipinski definition) is 2. The summed E-state index contributed by atoms with van der Waals surface area (Å²) in [5, 5.41) is 17.1. The fraction of sp³-hybridized carbons (Fsp3) is 0.105. The molecule has 0 atom stereocenters. The highest BCUT2D eigenvalue weighted by Gasteiger charge is 2.31. The lowest BCUT2D eigenvalue weighted by molar-refractivity contribution is 0.101. The van der Waals surface area contributed by atoms with Crippen LogP contribution in [0.2, 0.25) is 13.1 Å². The molecule has 0 radical (unpaired) electrons. The van der Waals surface area contributed by atoms with Gasteiger partial charge in [-0.25, -0.2) is 0 Å². The van der Waals surface area contributed by atoms with E-state index in [-0.39, 0.29) is 11.6 Å². The molecule has 0 aliphatic carbocycles. The minimum absolute atomic E-state index is 0.0967. The van der Waals surface area contributed by atoms with Gasteiger partial charge in [-0.15, -0.1) is 0 Å². The Morgan fingerprint density at radius 2 is 0.707 bits per heavy atom. The molecule has 0 bridgehead atoms. The van der Waals surface area contributed by atoms with Gasteiger partial charge >= 0.3 is 0 Å². The highest BCUT2D eigenvalue weighted by Crippen LogP contribution is 2.38. The van der Waals surface area contributed by atoms with Crippen LogP contribution in [0, 0.1) is 0 Å². The molecule has 3 heteroatoms.